The Morgan fingerprint density at radius 1 is 1.24 bits per heavy atom. The number of pyridine rings is 1. The van der Waals surface area contributed by atoms with Gasteiger partial charge in [-0.3, -0.25) is 9.78 Å². The molecule has 132 valence electrons. The zero-order valence-corrected chi connectivity index (χ0v) is 14.8. The second-order valence-electron chi connectivity index (χ2n) is 6.71. The lowest BCUT2D eigenvalue weighted by Crippen LogP contribution is -2.36. The van der Waals surface area contributed by atoms with E-state index in [1.807, 2.05) is 24.4 Å². The first-order chi connectivity index (χ1) is 12.2. The second kappa shape index (κ2) is 8.77. The van der Waals surface area contributed by atoms with Gasteiger partial charge in [-0.25, -0.2) is 0 Å². The zero-order chi connectivity index (χ0) is 17.5. The van der Waals surface area contributed by atoms with Crippen molar-refractivity contribution in [3.05, 3.63) is 65.5 Å². The lowest BCUT2D eigenvalue weighted by atomic mass is 9.87. The monoisotopic (exact) mass is 338 g/mol. The summed E-state index contributed by atoms with van der Waals surface area (Å²) < 4.78 is 5.48. The van der Waals surface area contributed by atoms with E-state index in [2.05, 4.69) is 35.4 Å². The van der Waals surface area contributed by atoms with Crippen LogP contribution in [0.1, 0.15) is 42.0 Å². The van der Waals surface area contributed by atoms with E-state index in [9.17, 15) is 4.79 Å². The van der Waals surface area contributed by atoms with Crippen molar-refractivity contribution in [1.82, 2.24) is 10.3 Å². The number of aromatic nitrogens is 1. The molecule has 1 aromatic heterocycles. The molecular formula is C21H26N2O2. The van der Waals surface area contributed by atoms with Crippen molar-refractivity contribution < 1.29 is 9.53 Å². The number of ether oxygens (including phenoxy) is 1. The van der Waals surface area contributed by atoms with E-state index in [-0.39, 0.29) is 11.9 Å². The van der Waals surface area contributed by atoms with Crippen molar-refractivity contribution >= 4 is 5.91 Å². The van der Waals surface area contributed by atoms with E-state index < -0.39 is 0 Å². The van der Waals surface area contributed by atoms with Crippen LogP contribution >= 0.6 is 0 Å². The first kappa shape index (κ1) is 17.6. The van der Waals surface area contributed by atoms with Gasteiger partial charge in [0.2, 0.25) is 5.91 Å². The van der Waals surface area contributed by atoms with Crippen molar-refractivity contribution in [3.63, 3.8) is 0 Å². The van der Waals surface area contributed by atoms with Crippen molar-refractivity contribution in [2.24, 2.45) is 5.92 Å². The van der Waals surface area contributed by atoms with Gasteiger partial charge < -0.3 is 10.1 Å². The van der Waals surface area contributed by atoms with Gasteiger partial charge in [-0.2, -0.15) is 0 Å². The summed E-state index contributed by atoms with van der Waals surface area (Å²) in [6.45, 7) is 3.62. The molecule has 0 bridgehead atoms. The zero-order valence-electron chi connectivity index (χ0n) is 14.8. The summed E-state index contributed by atoms with van der Waals surface area (Å²) in [7, 11) is 0. The van der Waals surface area contributed by atoms with E-state index in [4.69, 9.17) is 4.74 Å². The fraction of sp³-hybridized carbons (Fsp3) is 0.429. The van der Waals surface area contributed by atoms with Gasteiger partial charge in [0.1, 0.15) is 0 Å². The van der Waals surface area contributed by atoms with Crippen LogP contribution in [0.5, 0.6) is 0 Å². The molecular weight excluding hydrogens is 312 g/mol. The van der Waals surface area contributed by atoms with Crippen LogP contribution in [0.3, 0.4) is 0 Å². The third kappa shape index (κ3) is 4.89. The van der Waals surface area contributed by atoms with Crippen molar-refractivity contribution in [3.8, 4) is 0 Å². The van der Waals surface area contributed by atoms with Gasteiger partial charge in [0.15, 0.2) is 0 Å². The van der Waals surface area contributed by atoms with E-state index in [0.29, 0.717) is 12.3 Å². The minimum atomic E-state index is 0.0157. The molecule has 1 aromatic carbocycles. The van der Waals surface area contributed by atoms with Crippen LogP contribution in [-0.4, -0.2) is 24.1 Å². The number of aryl methyl sites for hydroxylation is 2. The van der Waals surface area contributed by atoms with Crippen LogP contribution in [-0.2, 0) is 16.0 Å². The molecule has 0 unspecified atom stereocenters. The summed E-state index contributed by atoms with van der Waals surface area (Å²) in [6, 6.07) is 12.2. The third-order valence-corrected chi connectivity index (χ3v) is 4.98. The first-order valence-corrected chi connectivity index (χ1v) is 9.05. The van der Waals surface area contributed by atoms with Gasteiger partial charge >= 0.3 is 0 Å². The highest BCUT2D eigenvalue weighted by Crippen LogP contribution is 2.29. The molecule has 4 nitrogen and oxygen atoms in total. The minimum absolute atomic E-state index is 0.0157. The number of nitrogens with one attached hydrogen (secondary N) is 1. The molecule has 0 saturated carbocycles. The Morgan fingerprint density at radius 2 is 2.04 bits per heavy atom. The number of benzene rings is 1. The molecule has 1 aliphatic heterocycles. The Morgan fingerprint density at radius 3 is 2.76 bits per heavy atom. The molecule has 1 N–H and O–H groups in total. The molecule has 0 radical (unpaired) electrons. The molecule has 1 aliphatic rings. The van der Waals surface area contributed by atoms with E-state index in [0.717, 1.165) is 38.0 Å². The van der Waals surface area contributed by atoms with Crippen LogP contribution in [0.25, 0.3) is 0 Å². The maximum Gasteiger partial charge on any atom is 0.220 e. The highest BCUT2D eigenvalue weighted by Gasteiger charge is 2.27. The number of amides is 1. The lowest BCUT2D eigenvalue weighted by molar-refractivity contribution is -0.122. The first-order valence-electron chi connectivity index (χ1n) is 9.05. The Balaban J connectivity index is 1.65. The number of carbonyl (C=O) groups excluding carboxylic acids is 1. The fourth-order valence-corrected chi connectivity index (χ4v) is 3.47. The minimum Gasteiger partial charge on any atom is -0.381 e. The number of hydrogen-bond acceptors (Lipinski definition) is 3. The summed E-state index contributed by atoms with van der Waals surface area (Å²) in [4.78, 5) is 16.8. The Bertz CT molecular complexity index is 681. The van der Waals surface area contributed by atoms with Gasteiger partial charge in [-0.15, -0.1) is 0 Å². The average molecular weight is 338 g/mol. The van der Waals surface area contributed by atoms with E-state index >= 15 is 0 Å². The van der Waals surface area contributed by atoms with Crippen LogP contribution in [0.4, 0.5) is 0 Å². The topological polar surface area (TPSA) is 51.2 Å². The summed E-state index contributed by atoms with van der Waals surface area (Å²) in [5.41, 5.74) is 3.56. The normalized spacial score (nSPS) is 16.4. The summed E-state index contributed by atoms with van der Waals surface area (Å²) in [5.74, 6) is 0.504. The molecule has 2 aromatic rings. The van der Waals surface area contributed by atoms with Gasteiger partial charge in [0.25, 0.3) is 0 Å². The largest absolute Gasteiger partial charge is 0.381 e. The molecule has 0 spiro atoms. The van der Waals surface area contributed by atoms with Crippen LogP contribution in [0.2, 0.25) is 0 Å². The molecule has 4 heteroatoms. The van der Waals surface area contributed by atoms with Gasteiger partial charge in [-0.1, -0.05) is 30.3 Å². The van der Waals surface area contributed by atoms with Gasteiger partial charge in [-0.05, 0) is 54.9 Å². The van der Waals surface area contributed by atoms with E-state index in [1.165, 1.54) is 11.1 Å². The maximum absolute atomic E-state index is 12.6. The second-order valence-corrected chi connectivity index (χ2v) is 6.71. The standard InChI is InChI=1S/C21H26N2O2/c1-16-5-2-3-6-17(16)8-9-20(24)23-21(18-10-13-25-14-11-18)19-7-4-12-22-15-19/h2-7,12,15,18,21H,8-11,13-14H2,1H3,(H,23,24)/t21-/m1/s1. The van der Waals surface area contributed by atoms with Gasteiger partial charge in [0.05, 0.1) is 6.04 Å². The van der Waals surface area contributed by atoms with Gasteiger partial charge in [0, 0.05) is 32.0 Å². The third-order valence-electron chi connectivity index (χ3n) is 4.98. The molecule has 0 aliphatic carbocycles. The van der Waals surface area contributed by atoms with Crippen molar-refractivity contribution in [2.45, 2.75) is 38.6 Å². The highest BCUT2D eigenvalue weighted by atomic mass is 16.5. The fourth-order valence-electron chi connectivity index (χ4n) is 3.47. The highest BCUT2D eigenvalue weighted by molar-refractivity contribution is 5.76. The Kier molecular flexibility index (Phi) is 6.18. The molecule has 1 amide bonds. The van der Waals surface area contributed by atoms with Crippen molar-refractivity contribution in [2.75, 3.05) is 13.2 Å². The van der Waals surface area contributed by atoms with Crippen LogP contribution in [0.15, 0.2) is 48.8 Å². The smallest absolute Gasteiger partial charge is 0.220 e. The SMILES string of the molecule is Cc1ccccc1CCC(=O)N[C@@H](c1cccnc1)C1CCOCC1. The van der Waals surface area contributed by atoms with Crippen LogP contribution < -0.4 is 5.32 Å². The van der Waals surface area contributed by atoms with Crippen molar-refractivity contribution in [1.29, 1.82) is 0 Å². The molecule has 2 heterocycles. The quantitative estimate of drug-likeness (QED) is 0.875. The number of hydrogen-bond donors (Lipinski definition) is 1. The maximum atomic E-state index is 12.6. The molecule has 1 fully saturated rings. The molecule has 1 saturated heterocycles. The molecule has 25 heavy (non-hydrogen) atoms. The van der Waals surface area contributed by atoms with E-state index in [1.54, 1.807) is 6.20 Å². The summed E-state index contributed by atoms with van der Waals surface area (Å²) in [6.07, 6.45) is 6.85. The summed E-state index contributed by atoms with van der Waals surface area (Å²) >= 11 is 0. The van der Waals surface area contributed by atoms with Crippen LogP contribution in [0, 0.1) is 12.8 Å². The number of rotatable bonds is 6. The number of nitrogens with zero attached hydrogens (tertiary/aromatic N) is 1. The Hall–Kier alpha value is -2.20. The molecule has 1 atom stereocenters. The number of carbonyl (C=O) groups is 1. The molecule has 3 rings (SSSR count). The summed E-state index contributed by atoms with van der Waals surface area (Å²) in [5, 5.41) is 3.26. The Labute approximate surface area is 149 Å². The average Bonchev–Trinajstić information content (AvgIpc) is 2.67. The predicted octanol–water partition coefficient (Wildman–Crippen LogP) is 3.61. The predicted molar refractivity (Wildman–Crippen MR) is 98.2 cm³/mol. The lowest BCUT2D eigenvalue weighted by Gasteiger charge is -2.31.